The number of rotatable bonds is 7. The summed E-state index contributed by atoms with van der Waals surface area (Å²) in [5.41, 5.74) is 1.85. The molecule has 0 radical (unpaired) electrons. The van der Waals surface area contributed by atoms with E-state index in [-0.39, 0.29) is 5.75 Å². The van der Waals surface area contributed by atoms with Crippen LogP contribution in [-0.2, 0) is 0 Å². The summed E-state index contributed by atoms with van der Waals surface area (Å²) >= 11 is 0. The largest absolute Gasteiger partial charge is 0.508 e. The molecule has 0 atom stereocenters. The van der Waals surface area contributed by atoms with E-state index in [1.165, 1.54) is 32.4 Å². The van der Waals surface area contributed by atoms with E-state index in [0.29, 0.717) is 6.61 Å². The molecule has 1 aliphatic rings. The number of hydrogen-bond donors (Lipinski definition) is 1. The number of piperidine rings is 1. The second-order valence-corrected chi connectivity index (χ2v) is 8.54. The quantitative estimate of drug-likeness (QED) is 0.341. The molecule has 1 saturated heterocycles. The fraction of sp³-hybridized carbons (Fsp3) is 0.241. The summed E-state index contributed by atoms with van der Waals surface area (Å²) < 4.78 is 12.4. The average molecular weight is 440 g/mol. The molecular formula is C29H29NO3. The first kappa shape index (κ1) is 21.4. The predicted octanol–water partition coefficient (Wildman–Crippen LogP) is 6.87. The lowest BCUT2D eigenvalue weighted by Gasteiger charge is -2.26. The summed E-state index contributed by atoms with van der Waals surface area (Å²) in [6, 6.07) is 27.4. The van der Waals surface area contributed by atoms with Crippen LogP contribution in [0.15, 0.2) is 84.9 Å². The zero-order chi connectivity index (χ0) is 22.5. The zero-order valence-corrected chi connectivity index (χ0v) is 18.7. The first-order chi connectivity index (χ1) is 16.3. The van der Waals surface area contributed by atoms with Gasteiger partial charge in [0, 0.05) is 17.5 Å². The van der Waals surface area contributed by atoms with Crippen molar-refractivity contribution in [3.8, 4) is 34.1 Å². The second-order valence-electron chi connectivity index (χ2n) is 8.54. The van der Waals surface area contributed by atoms with Crippen LogP contribution in [0.2, 0.25) is 0 Å². The SMILES string of the molecule is Oc1cccc(-c2ccc3ccccc3c2Oc2ccc(OCCN3CCCCC3)cc2)c1. The number of phenols is 1. The first-order valence-electron chi connectivity index (χ1n) is 11.7. The molecule has 1 fully saturated rings. The maximum absolute atomic E-state index is 10.00. The lowest BCUT2D eigenvalue weighted by molar-refractivity contribution is 0.183. The van der Waals surface area contributed by atoms with Gasteiger partial charge in [-0.05, 0) is 79.3 Å². The van der Waals surface area contributed by atoms with E-state index in [4.69, 9.17) is 9.47 Å². The second kappa shape index (κ2) is 9.97. The molecule has 1 N–H and O–H groups in total. The van der Waals surface area contributed by atoms with E-state index in [9.17, 15) is 5.11 Å². The molecule has 4 aromatic rings. The standard InChI is InChI=1S/C29H29NO3/c31-24-9-6-8-23(21-24)28-16-11-22-7-2-3-10-27(22)29(28)33-26-14-12-25(13-15-26)32-20-19-30-17-4-1-5-18-30/h2-3,6-16,21,31H,1,4-5,17-20H2. The summed E-state index contributed by atoms with van der Waals surface area (Å²) in [5.74, 6) is 2.61. The number of benzene rings is 4. The number of fused-ring (bicyclic) bond motifs is 1. The van der Waals surface area contributed by atoms with Gasteiger partial charge in [-0.3, -0.25) is 4.90 Å². The number of nitrogens with zero attached hydrogens (tertiary/aromatic N) is 1. The van der Waals surface area contributed by atoms with Gasteiger partial charge >= 0.3 is 0 Å². The van der Waals surface area contributed by atoms with E-state index >= 15 is 0 Å². The Labute approximate surface area is 195 Å². The highest BCUT2D eigenvalue weighted by Gasteiger charge is 2.13. The molecule has 1 heterocycles. The Bertz CT molecular complexity index is 1210. The molecule has 0 bridgehead atoms. The Balaban J connectivity index is 1.35. The molecule has 168 valence electrons. The van der Waals surface area contributed by atoms with E-state index in [2.05, 4.69) is 23.1 Å². The Morgan fingerprint density at radius 3 is 2.36 bits per heavy atom. The number of likely N-dealkylation sites (tertiary alicyclic amines) is 1. The molecule has 0 spiro atoms. The smallest absolute Gasteiger partial charge is 0.143 e. The van der Waals surface area contributed by atoms with Crippen molar-refractivity contribution in [3.05, 3.63) is 84.9 Å². The number of hydrogen-bond acceptors (Lipinski definition) is 4. The number of phenolic OH excluding ortho intramolecular Hbond substituents is 1. The molecule has 33 heavy (non-hydrogen) atoms. The van der Waals surface area contributed by atoms with Gasteiger partial charge in [-0.25, -0.2) is 0 Å². The summed E-state index contributed by atoms with van der Waals surface area (Å²) in [7, 11) is 0. The molecule has 0 saturated carbocycles. The van der Waals surface area contributed by atoms with Crippen LogP contribution in [0, 0.1) is 0 Å². The van der Waals surface area contributed by atoms with E-state index in [0.717, 1.165) is 45.7 Å². The van der Waals surface area contributed by atoms with Gasteiger partial charge in [0.2, 0.25) is 0 Å². The molecular weight excluding hydrogens is 410 g/mol. The maximum Gasteiger partial charge on any atom is 0.143 e. The summed E-state index contributed by atoms with van der Waals surface area (Å²) in [6.07, 6.45) is 3.94. The van der Waals surface area contributed by atoms with Crippen molar-refractivity contribution in [1.82, 2.24) is 4.90 Å². The molecule has 4 nitrogen and oxygen atoms in total. The van der Waals surface area contributed by atoms with Crippen molar-refractivity contribution >= 4 is 10.8 Å². The van der Waals surface area contributed by atoms with E-state index < -0.39 is 0 Å². The normalized spacial score (nSPS) is 14.3. The maximum atomic E-state index is 10.00. The lowest BCUT2D eigenvalue weighted by Crippen LogP contribution is -2.33. The number of aromatic hydroxyl groups is 1. The molecule has 0 aliphatic carbocycles. The monoisotopic (exact) mass is 439 g/mol. The topological polar surface area (TPSA) is 41.9 Å². The van der Waals surface area contributed by atoms with Gasteiger partial charge in [0.25, 0.3) is 0 Å². The summed E-state index contributed by atoms with van der Waals surface area (Å²) in [6.45, 7) is 4.04. The first-order valence-corrected chi connectivity index (χ1v) is 11.7. The number of ether oxygens (including phenoxy) is 2. The Morgan fingerprint density at radius 2 is 1.55 bits per heavy atom. The zero-order valence-electron chi connectivity index (χ0n) is 18.7. The van der Waals surface area contributed by atoms with Gasteiger partial charge in [-0.1, -0.05) is 48.9 Å². The van der Waals surface area contributed by atoms with Gasteiger partial charge < -0.3 is 14.6 Å². The Hall–Kier alpha value is -3.50. The van der Waals surface area contributed by atoms with Crippen LogP contribution in [0.5, 0.6) is 23.0 Å². The van der Waals surface area contributed by atoms with Gasteiger partial charge in [-0.2, -0.15) is 0 Å². The Kier molecular flexibility index (Phi) is 6.45. The van der Waals surface area contributed by atoms with Crippen molar-refractivity contribution in [2.24, 2.45) is 0 Å². The van der Waals surface area contributed by atoms with E-state index in [1.54, 1.807) is 12.1 Å². The van der Waals surface area contributed by atoms with Crippen LogP contribution < -0.4 is 9.47 Å². The third-order valence-electron chi connectivity index (χ3n) is 6.21. The average Bonchev–Trinajstić information content (AvgIpc) is 2.86. The van der Waals surface area contributed by atoms with Crippen molar-refractivity contribution in [2.45, 2.75) is 19.3 Å². The fourth-order valence-corrected chi connectivity index (χ4v) is 4.45. The molecule has 0 amide bonds. The minimum absolute atomic E-state index is 0.234. The van der Waals surface area contributed by atoms with Gasteiger partial charge in [0.1, 0.15) is 29.6 Å². The van der Waals surface area contributed by atoms with Crippen LogP contribution in [-0.4, -0.2) is 36.2 Å². The highest BCUT2D eigenvalue weighted by atomic mass is 16.5. The van der Waals surface area contributed by atoms with Crippen LogP contribution in [0.25, 0.3) is 21.9 Å². The molecule has 4 heteroatoms. The highest BCUT2D eigenvalue weighted by molar-refractivity contribution is 5.95. The van der Waals surface area contributed by atoms with Crippen LogP contribution in [0.3, 0.4) is 0 Å². The molecule has 0 unspecified atom stereocenters. The highest BCUT2D eigenvalue weighted by Crippen LogP contribution is 2.40. The third-order valence-corrected chi connectivity index (χ3v) is 6.21. The van der Waals surface area contributed by atoms with Crippen LogP contribution in [0.1, 0.15) is 19.3 Å². The van der Waals surface area contributed by atoms with Gasteiger partial charge in [0.05, 0.1) is 0 Å². The predicted molar refractivity (Wildman–Crippen MR) is 133 cm³/mol. The lowest BCUT2D eigenvalue weighted by atomic mass is 9.99. The van der Waals surface area contributed by atoms with Gasteiger partial charge in [-0.15, -0.1) is 0 Å². The Morgan fingerprint density at radius 1 is 0.758 bits per heavy atom. The van der Waals surface area contributed by atoms with E-state index in [1.807, 2.05) is 54.6 Å². The summed E-state index contributed by atoms with van der Waals surface area (Å²) in [5, 5.41) is 12.1. The van der Waals surface area contributed by atoms with Crippen molar-refractivity contribution in [1.29, 1.82) is 0 Å². The summed E-state index contributed by atoms with van der Waals surface area (Å²) in [4.78, 5) is 2.48. The molecule has 1 aliphatic heterocycles. The fourth-order valence-electron chi connectivity index (χ4n) is 4.45. The molecule has 5 rings (SSSR count). The minimum atomic E-state index is 0.234. The molecule has 0 aromatic heterocycles. The third kappa shape index (κ3) is 5.12. The van der Waals surface area contributed by atoms with Crippen molar-refractivity contribution in [2.75, 3.05) is 26.2 Å². The van der Waals surface area contributed by atoms with Crippen LogP contribution >= 0.6 is 0 Å². The van der Waals surface area contributed by atoms with Gasteiger partial charge in [0.15, 0.2) is 0 Å². The molecule has 4 aromatic carbocycles. The van der Waals surface area contributed by atoms with Crippen LogP contribution in [0.4, 0.5) is 0 Å². The van der Waals surface area contributed by atoms with Crippen molar-refractivity contribution in [3.63, 3.8) is 0 Å². The van der Waals surface area contributed by atoms with Crippen molar-refractivity contribution < 1.29 is 14.6 Å². The minimum Gasteiger partial charge on any atom is -0.508 e.